The topological polar surface area (TPSA) is 34.1 Å². The Labute approximate surface area is 162 Å². The Balaban J connectivity index is 1.93. The summed E-state index contributed by atoms with van der Waals surface area (Å²) in [7, 11) is 0. The molecule has 0 aliphatic heterocycles. The summed E-state index contributed by atoms with van der Waals surface area (Å²) in [6.45, 7) is 0. The number of hydrogen-bond donors (Lipinski definition) is 0. The van der Waals surface area contributed by atoms with Crippen LogP contribution in [0.15, 0.2) is 78.9 Å². The summed E-state index contributed by atoms with van der Waals surface area (Å²) in [5, 5.41) is 1.14. The second-order valence-corrected chi connectivity index (χ2v) is 6.84. The number of Topliss-reactive ketones (excluding diaryl/α,β-unsaturated/α-hetero) is 2. The van der Waals surface area contributed by atoms with Gasteiger partial charge in [0.1, 0.15) is 0 Å². The highest BCUT2D eigenvalue weighted by Crippen LogP contribution is 2.28. The molecule has 3 aromatic carbocycles. The summed E-state index contributed by atoms with van der Waals surface area (Å²) in [5.74, 6) is -0.776. The molecule has 0 saturated heterocycles. The summed E-state index contributed by atoms with van der Waals surface area (Å²) in [5.41, 5.74) is 1.88. The molecule has 0 bridgehead atoms. The van der Waals surface area contributed by atoms with Gasteiger partial charge in [0.2, 0.25) is 0 Å². The Hall–Kier alpha value is -2.42. The van der Waals surface area contributed by atoms with E-state index in [2.05, 4.69) is 0 Å². The zero-order valence-corrected chi connectivity index (χ0v) is 15.4. The summed E-state index contributed by atoms with van der Waals surface area (Å²) < 4.78 is 0. The van der Waals surface area contributed by atoms with E-state index in [1.165, 1.54) is 0 Å². The average Bonchev–Trinajstić information content (AvgIpc) is 2.67. The Morgan fingerprint density at radius 2 is 1.23 bits per heavy atom. The Morgan fingerprint density at radius 1 is 0.692 bits per heavy atom. The van der Waals surface area contributed by atoms with E-state index >= 15 is 0 Å². The third-order valence-electron chi connectivity index (χ3n) is 4.20. The zero-order chi connectivity index (χ0) is 18.5. The molecule has 26 heavy (non-hydrogen) atoms. The van der Waals surface area contributed by atoms with Crippen molar-refractivity contribution < 1.29 is 9.59 Å². The first-order chi connectivity index (χ1) is 12.5. The van der Waals surface area contributed by atoms with Crippen LogP contribution in [0.2, 0.25) is 10.0 Å². The molecule has 4 heteroatoms. The van der Waals surface area contributed by atoms with E-state index in [4.69, 9.17) is 23.2 Å². The second-order valence-electron chi connectivity index (χ2n) is 5.97. The van der Waals surface area contributed by atoms with Crippen molar-refractivity contribution in [2.75, 3.05) is 0 Å². The first-order valence-corrected chi connectivity index (χ1v) is 8.93. The van der Waals surface area contributed by atoms with Gasteiger partial charge >= 0.3 is 0 Å². The second kappa shape index (κ2) is 8.31. The van der Waals surface area contributed by atoms with Crippen molar-refractivity contribution >= 4 is 34.8 Å². The van der Waals surface area contributed by atoms with Crippen molar-refractivity contribution in [1.82, 2.24) is 0 Å². The van der Waals surface area contributed by atoms with Gasteiger partial charge in [-0.15, -0.1) is 0 Å². The van der Waals surface area contributed by atoms with Crippen LogP contribution in [0.5, 0.6) is 0 Å². The van der Waals surface area contributed by atoms with E-state index in [1.54, 1.807) is 60.7 Å². The molecule has 0 radical (unpaired) electrons. The van der Waals surface area contributed by atoms with Gasteiger partial charge in [0.05, 0.1) is 5.92 Å². The molecule has 0 N–H and O–H groups in total. The molecular weight excluding hydrogens is 367 g/mol. The minimum absolute atomic E-state index is 0.0761. The molecule has 3 rings (SSSR count). The van der Waals surface area contributed by atoms with Crippen LogP contribution >= 0.6 is 23.2 Å². The first-order valence-electron chi connectivity index (χ1n) is 8.18. The normalized spacial score (nSPS) is 11.8. The van der Waals surface area contributed by atoms with E-state index in [0.717, 1.165) is 5.56 Å². The SMILES string of the molecule is O=C(CC(C(=O)c1ccc(Cl)cc1)c1ccc(Cl)cc1)c1ccccc1. The van der Waals surface area contributed by atoms with Gasteiger partial charge in [0, 0.05) is 27.6 Å². The lowest BCUT2D eigenvalue weighted by molar-refractivity contribution is 0.0893. The molecule has 0 saturated carbocycles. The molecule has 0 aliphatic carbocycles. The summed E-state index contributed by atoms with van der Waals surface area (Å²) in [6.07, 6.45) is 0.0904. The molecule has 0 heterocycles. The van der Waals surface area contributed by atoms with Crippen LogP contribution in [-0.4, -0.2) is 11.6 Å². The monoisotopic (exact) mass is 382 g/mol. The third-order valence-corrected chi connectivity index (χ3v) is 4.71. The standard InChI is InChI=1S/C22H16Cl2O2/c23-18-10-6-15(7-11-18)20(14-21(25)16-4-2-1-3-5-16)22(26)17-8-12-19(24)13-9-17/h1-13,20H,14H2. The minimum atomic E-state index is -0.582. The molecule has 1 unspecified atom stereocenters. The van der Waals surface area contributed by atoms with E-state index in [1.807, 2.05) is 18.2 Å². The van der Waals surface area contributed by atoms with E-state index in [9.17, 15) is 9.59 Å². The van der Waals surface area contributed by atoms with Crippen LogP contribution in [0.1, 0.15) is 38.6 Å². The van der Waals surface area contributed by atoms with Gasteiger partial charge in [-0.1, -0.05) is 65.7 Å². The third kappa shape index (κ3) is 4.40. The first kappa shape index (κ1) is 18.4. The van der Waals surface area contributed by atoms with Crippen LogP contribution in [0, 0.1) is 0 Å². The van der Waals surface area contributed by atoms with Crippen molar-refractivity contribution in [1.29, 1.82) is 0 Å². The van der Waals surface area contributed by atoms with Crippen molar-refractivity contribution in [3.8, 4) is 0 Å². The van der Waals surface area contributed by atoms with Gasteiger partial charge in [0.15, 0.2) is 11.6 Å². The highest BCUT2D eigenvalue weighted by Gasteiger charge is 2.25. The summed E-state index contributed by atoms with van der Waals surface area (Å²) in [4.78, 5) is 25.8. The molecule has 0 spiro atoms. The minimum Gasteiger partial charge on any atom is -0.294 e. The lowest BCUT2D eigenvalue weighted by atomic mass is 9.85. The summed E-state index contributed by atoms with van der Waals surface area (Å²) in [6, 6.07) is 22.7. The molecule has 1 atom stereocenters. The lowest BCUT2D eigenvalue weighted by Crippen LogP contribution is -2.17. The average molecular weight is 383 g/mol. The van der Waals surface area contributed by atoms with Crippen LogP contribution in [-0.2, 0) is 0 Å². The number of carbonyl (C=O) groups excluding carboxylic acids is 2. The van der Waals surface area contributed by atoms with Crippen LogP contribution < -0.4 is 0 Å². The van der Waals surface area contributed by atoms with Gasteiger partial charge in [-0.25, -0.2) is 0 Å². The molecule has 130 valence electrons. The molecule has 0 aromatic heterocycles. The molecule has 0 aliphatic rings. The largest absolute Gasteiger partial charge is 0.294 e. The van der Waals surface area contributed by atoms with Crippen molar-refractivity contribution in [3.05, 3.63) is 106 Å². The Kier molecular flexibility index (Phi) is 5.87. The highest BCUT2D eigenvalue weighted by atomic mass is 35.5. The highest BCUT2D eigenvalue weighted by molar-refractivity contribution is 6.31. The van der Waals surface area contributed by atoms with Gasteiger partial charge < -0.3 is 0 Å². The molecular formula is C22H16Cl2O2. The lowest BCUT2D eigenvalue weighted by Gasteiger charge is -2.16. The zero-order valence-electron chi connectivity index (χ0n) is 13.9. The quantitative estimate of drug-likeness (QED) is 0.473. The van der Waals surface area contributed by atoms with E-state index < -0.39 is 5.92 Å². The molecule has 0 fully saturated rings. The maximum absolute atomic E-state index is 13.1. The Morgan fingerprint density at radius 3 is 1.81 bits per heavy atom. The van der Waals surface area contributed by atoms with E-state index in [0.29, 0.717) is 21.2 Å². The van der Waals surface area contributed by atoms with Gasteiger partial charge in [0.25, 0.3) is 0 Å². The number of rotatable bonds is 6. The van der Waals surface area contributed by atoms with Crippen LogP contribution in [0.25, 0.3) is 0 Å². The van der Waals surface area contributed by atoms with E-state index in [-0.39, 0.29) is 18.0 Å². The predicted octanol–water partition coefficient (Wildman–Crippen LogP) is 6.23. The van der Waals surface area contributed by atoms with Crippen molar-refractivity contribution in [2.45, 2.75) is 12.3 Å². The van der Waals surface area contributed by atoms with Gasteiger partial charge in [-0.05, 0) is 42.0 Å². The fourth-order valence-corrected chi connectivity index (χ4v) is 3.05. The fraction of sp³-hybridized carbons (Fsp3) is 0.0909. The molecule has 2 nitrogen and oxygen atoms in total. The van der Waals surface area contributed by atoms with Crippen LogP contribution in [0.3, 0.4) is 0 Å². The Bertz CT molecular complexity index is 901. The maximum atomic E-state index is 13.1. The molecule has 0 amide bonds. The van der Waals surface area contributed by atoms with Gasteiger partial charge in [-0.3, -0.25) is 9.59 Å². The van der Waals surface area contributed by atoms with Gasteiger partial charge in [-0.2, -0.15) is 0 Å². The van der Waals surface area contributed by atoms with Crippen molar-refractivity contribution in [2.24, 2.45) is 0 Å². The number of ketones is 2. The number of carbonyl (C=O) groups is 2. The summed E-state index contributed by atoms with van der Waals surface area (Å²) >= 11 is 11.9. The van der Waals surface area contributed by atoms with Crippen molar-refractivity contribution in [3.63, 3.8) is 0 Å². The fourth-order valence-electron chi connectivity index (χ4n) is 2.80. The maximum Gasteiger partial charge on any atom is 0.170 e. The number of benzene rings is 3. The smallest absolute Gasteiger partial charge is 0.170 e. The number of halogens is 2. The molecule has 3 aromatic rings. The number of hydrogen-bond acceptors (Lipinski definition) is 2. The van der Waals surface area contributed by atoms with Crippen LogP contribution in [0.4, 0.5) is 0 Å². The predicted molar refractivity (Wildman–Crippen MR) is 105 cm³/mol.